The first-order valence-electron chi connectivity index (χ1n) is 12.1. The second-order valence-corrected chi connectivity index (χ2v) is 11.2. The van der Waals surface area contributed by atoms with Crippen LogP contribution in [0.15, 0.2) is 35.4 Å². The van der Waals surface area contributed by atoms with Crippen molar-refractivity contribution in [3.8, 4) is 0 Å². The lowest BCUT2D eigenvalue weighted by atomic mass is 10.0. The van der Waals surface area contributed by atoms with Crippen LogP contribution in [0.25, 0.3) is 10.9 Å². The van der Waals surface area contributed by atoms with Gasteiger partial charge >= 0.3 is 0 Å². The first-order chi connectivity index (χ1) is 15.9. The number of hydrogen-bond acceptors (Lipinski definition) is 5. The maximum absolute atomic E-state index is 13.4. The van der Waals surface area contributed by atoms with Gasteiger partial charge < -0.3 is 18.9 Å². The van der Waals surface area contributed by atoms with Gasteiger partial charge in [0.15, 0.2) is 5.79 Å². The predicted molar refractivity (Wildman–Crippen MR) is 124 cm³/mol. The molecule has 33 heavy (non-hydrogen) atoms. The van der Waals surface area contributed by atoms with E-state index in [0.29, 0.717) is 63.6 Å². The maximum Gasteiger partial charge on any atom is 0.245 e. The number of sulfonamides is 1. The Labute approximate surface area is 195 Å². The number of rotatable bonds is 5. The molecule has 0 aliphatic carbocycles. The SMILES string of the molecule is CC[C@H](C(=O)N1CCC2(CC1)OCCO2)n1ccc2cc(S(=O)(=O)N3CCCCC3)ccc21. The predicted octanol–water partition coefficient (Wildman–Crippen LogP) is 3.13. The Morgan fingerprint density at radius 3 is 2.39 bits per heavy atom. The number of nitrogens with zero attached hydrogens (tertiary/aromatic N) is 3. The average Bonchev–Trinajstić information content (AvgIpc) is 3.48. The molecule has 3 aliphatic heterocycles. The third-order valence-corrected chi connectivity index (χ3v) is 9.20. The Kier molecular flexibility index (Phi) is 6.24. The first kappa shape index (κ1) is 22.8. The van der Waals surface area contributed by atoms with E-state index in [9.17, 15) is 13.2 Å². The van der Waals surface area contributed by atoms with E-state index in [1.54, 1.807) is 16.4 Å². The van der Waals surface area contributed by atoms with E-state index in [4.69, 9.17) is 9.47 Å². The van der Waals surface area contributed by atoms with E-state index in [-0.39, 0.29) is 11.9 Å². The second kappa shape index (κ2) is 9.02. The molecule has 0 bridgehead atoms. The van der Waals surface area contributed by atoms with Crippen LogP contribution < -0.4 is 0 Å². The van der Waals surface area contributed by atoms with Gasteiger partial charge in [0.05, 0.1) is 18.1 Å². The van der Waals surface area contributed by atoms with Gasteiger partial charge in [-0.1, -0.05) is 13.3 Å². The molecule has 0 radical (unpaired) electrons. The van der Waals surface area contributed by atoms with Gasteiger partial charge in [-0.3, -0.25) is 4.79 Å². The standard InChI is InChI=1S/C24H33N3O5S/c1-2-21(23(28)25-14-9-24(10-15-25)31-16-17-32-24)27-13-8-19-18-20(6-7-22(19)27)33(29,30)26-11-4-3-5-12-26/h6-8,13,18,21H,2-5,9-12,14-17H2,1H3/t21-/m1/s1. The largest absolute Gasteiger partial charge is 0.347 e. The Bertz CT molecular complexity index is 1110. The number of benzene rings is 1. The zero-order chi connectivity index (χ0) is 23.1. The fourth-order valence-electron chi connectivity index (χ4n) is 5.38. The normalized spacial score (nSPS) is 22.8. The number of carbonyl (C=O) groups excluding carboxylic acids is 1. The van der Waals surface area contributed by atoms with Crippen molar-refractivity contribution in [1.82, 2.24) is 13.8 Å². The number of ether oxygens (including phenoxy) is 2. The first-order valence-corrected chi connectivity index (χ1v) is 13.5. The van der Waals surface area contributed by atoms with Crippen LogP contribution in [0, 0.1) is 0 Å². The van der Waals surface area contributed by atoms with Crippen molar-refractivity contribution < 1.29 is 22.7 Å². The van der Waals surface area contributed by atoms with Crippen molar-refractivity contribution in [1.29, 1.82) is 0 Å². The summed E-state index contributed by atoms with van der Waals surface area (Å²) in [6, 6.07) is 6.84. The minimum Gasteiger partial charge on any atom is -0.347 e. The summed E-state index contributed by atoms with van der Waals surface area (Å²) in [5.74, 6) is -0.414. The number of carbonyl (C=O) groups is 1. The molecule has 9 heteroatoms. The van der Waals surface area contributed by atoms with Crippen LogP contribution >= 0.6 is 0 Å². The lowest BCUT2D eigenvalue weighted by Crippen LogP contribution is -2.49. The Balaban J connectivity index is 1.36. The zero-order valence-corrected chi connectivity index (χ0v) is 20.1. The van der Waals surface area contributed by atoms with Crippen molar-refractivity contribution >= 4 is 26.8 Å². The lowest BCUT2D eigenvalue weighted by Gasteiger charge is -2.39. The molecule has 5 rings (SSSR count). The van der Waals surface area contributed by atoms with Crippen molar-refractivity contribution in [3.63, 3.8) is 0 Å². The maximum atomic E-state index is 13.4. The average molecular weight is 476 g/mol. The number of fused-ring (bicyclic) bond motifs is 1. The van der Waals surface area contributed by atoms with Gasteiger partial charge in [-0.15, -0.1) is 0 Å². The fraction of sp³-hybridized carbons (Fsp3) is 0.625. The molecule has 0 saturated carbocycles. The molecule has 0 N–H and O–H groups in total. The molecule has 180 valence electrons. The Morgan fingerprint density at radius 1 is 1.03 bits per heavy atom. The molecule has 3 saturated heterocycles. The Hall–Kier alpha value is -1.94. The molecular weight excluding hydrogens is 442 g/mol. The molecule has 0 unspecified atom stereocenters. The van der Waals surface area contributed by atoms with Gasteiger partial charge in [0.2, 0.25) is 15.9 Å². The van der Waals surface area contributed by atoms with Gasteiger partial charge in [0.1, 0.15) is 6.04 Å². The third-order valence-electron chi connectivity index (χ3n) is 7.30. The quantitative estimate of drug-likeness (QED) is 0.664. The molecule has 2 aromatic rings. The highest BCUT2D eigenvalue weighted by molar-refractivity contribution is 7.89. The van der Waals surface area contributed by atoms with Gasteiger partial charge in [0.25, 0.3) is 0 Å². The van der Waals surface area contributed by atoms with Crippen LogP contribution in [0.4, 0.5) is 0 Å². The van der Waals surface area contributed by atoms with Crippen molar-refractivity contribution in [3.05, 3.63) is 30.5 Å². The topological polar surface area (TPSA) is 81.1 Å². The van der Waals surface area contributed by atoms with Gasteiger partial charge in [-0.05, 0) is 43.5 Å². The minimum absolute atomic E-state index is 0.0906. The van der Waals surface area contributed by atoms with Gasteiger partial charge in [-0.2, -0.15) is 4.31 Å². The molecule has 3 aliphatic rings. The van der Waals surface area contributed by atoms with E-state index in [1.165, 1.54) is 0 Å². The molecule has 1 amide bonds. The lowest BCUT2D eigenvalue weighted by molar-refractivity contribution is -0.188. The van der Waals surface area contributed by atoms with Crippen molar-refractivity contribution in [2.45, 2.75) is 62.2 Å². The highest BCUT2D eigenvalue weighted by atomic mass is 32.2. The van der Waals surface area contributed by atoms with E-state index in [2.05, 4.69) is 0 Å². The number of aromatic nitrogens is 1. The summed E-state index contributed by atoms with van der Waals surface area (Å²) in [5, 5.41) is 0.838. The highest BCUT2D eigenvalue weighted by Gasteiger charge is 2.41. The van der Waals surface area contributed by atoms with Gasteiger partial charge in [0, 0.05) is 56.1 Å². The van der Waals surface area contributed by atoms with Crippen LogP contribution in [0.3, 0.4) is 0 Å². The highest BCUT2D eigenvalue weighted by Crippen LogP contribution is 2.33. The molecule has 8 nitrogen and oxygen atoms in total. The van der Waals surface area contributed by atoms with Crippen LogP contribution in [0.5, 0.6) is 0 Å². The fourth-order valence-corrected chi connectivity index (χ4v) is 6.94. The van der Waals surface area contributed by atoms with Crippen molar-refractivity contribution in [2.75, 3.05) is 39.4 Å². The number of piperidine rings is 2. The smallest absolute Gasteiger partial charge is 0.245 e. The Morgan fingerprint density at radius 2 is 1.73 bits per heavy atom. The van der Waals surface area contributed by atoms with E-state index < -0.39 is 15.8 Å². The van der Waals surface area contributed by atoms with Crippen molar-refractivity contribution in [2.24, 2.45) is 0 Å². The molecule has 1 aromatic carbocycles. The summed E-state index contributed by atoms with van der Waals surface area (Å²) < 4.78 is 41.3. The summed E-state index contributed by atoms with van der Waals surface area (Å²) in [5.41, 5.74) is 0.878. The van der Waals surface area contributed by atoms with Crippen LogP contribution in [0.1, 0.15) is 51.5 Å². The molecule has 1 atom stereocenters. The molecule has 4 heterocycles. The summed E-state index contributed by atoms with van der Waals surface area (Å²) in [4.78, 5) is 15.7. The monoisotopic (exact) mass is 475 g/mol. The van der Waals surface area contributed by atoms with E-state index >= 15 is 0 Å². The minimum atomic E-state index is -3.49. The van der Waals surface area contributed by atoms with Crippen LogP contribution in [-0.4, -0.2) is 73.3 Å². The summed E-state index contributed by atoms with van der Waals surface area (Å²) >= 11 is 0. The molecule has 1 aromatic heterocycles. The van der Waals surface area contributed by atoms with Crippen LogP contribution in [-0.2, 0) is 24.3 Å². The number of likely N-dealkylation sites (tertiary alicyclic amines) is 1. The van der Waals surface area contributed by atoms with Gasteiger partial charge in [-0.25, -0.2) is 8.42 Å². The number of hydrogen-bond donors (Lipinski definition) is 0. The summed E-state index contributed by atoms with van der Waals surface area (Å²) in [6.45, 7) is 5.66. The summed E-state index contributed by atoms with van der Waals surface area (Å²) in [6.07, 6.45) is 6.85. The third kappa shape index (κ3) is 4.20. The number of amides is 1. The summed E-state index contributed by atoms with van der Waals surface area (Å²) in [7, 11) is -3.49. The second-order valence-electron chi connectivity index (χ2n) is 9.27. The molecular formula is C24H33N3O5S. The zero-order valence-electron chi connectivity index (χ0n) is 19.2. The molecule has 3 fully saturated rings. The molecule has 1 spiro atoms. The van der Waals surface area contributed by atoms with Crippen LogP contribution in [0.2, 0.25) is 0 Å². The van der Waals surface area contributed by atoms with E-state index in [1.807, 2.05) is 34.7 Å². The van der Waals surface area contributed by atoms with E-state index in [0.717, 1.165) is 30.2 Å².